The first kappa shape index (κ1) is 12.1. The molecule has 0 fully saturated rings. The second-order valence-corrected chi connectivity index (χ2v) is 3.11. The van der Waals surface area contributed by atoms with E-state index in [9.17, 15) is 9.59 Å². The van der Waals surface area contributed by atoms with Crippen molar-refractivity contribution in [2.75, 3.05) is 0 Å². The number of esters is 1. The van der Waals surface area contributed by atoms with Crippen molar-refractivity contribution in [2.24, 2.45) is 0 Å². The summed E-state index contributed by atoms with van der Waals surface area (Å²) >= 11 is 0. The number of ether oxygens (including phenoxy) is 1. The molecule has 0 aromatic rings. The maximum atomic E-state index is 10.8. The molecule has 0 aliphatic rings. The molecule has 0 aromatic carbocycles. The Labute approximate surface area is 79.5 Å². The number of carbonyl (C=O) groups excluding carboxylic acids is 2. The fourth-order valence-electron chi connectivity index (χ4n) is 1.03. The number of hydrogen-bond donors (Lipinski definition) is 0. The molecule has 0 saturated carbocycles. The van der Waals surface area contributed by atoms with Crippen LogP contribution in [0.3, 0.4) is 0 Å². The van der Waals surface area contributed by atoms with Crippen LogP contribution in [0.5, 0.6) is 0 Å². The Kier molecular flexibility index (Phi) is 7.26. The number of rotatable bonds is 7. The standard InChI is InChI=1S/C10H18O3/c1-3-10(12)13-9(2)7-5-4-6-8-11/h8-9H,3-7H2,1-2H3/t9-/m0/s1. The summed E-state index contributed by atoms with van der Waals surface area (Å²) in [6.07, 6.45) is 4.61. The van der Waals surface area contributed by atoms with E-state index >= 15 is 0 Å². The van der Waals surface area contributed by atoms with Crippen LogP contribution in [0.25, 0.3) is 0 Å². The molecule has 0 aliphatic carbocycles. The van der Waals surface area contributed by atoms with Gasteiger partial charge in [-0.05, 0) is 26.2 Å². The van der Waals surface area contributed by atoms with Crippen molar-refractivity contribution in [3.05, 3.63) is 0 Å². The van der Waals surface area contributed by atoms with Gasteiger partial charge in [-0.25, -0.2) is 0 Å². The summed E-state index contributed by atoms with van der Waals surface area (Å²) < 4.78 is 5.05. The first-order chi connectivity index (χ1) is 6.20. The average Bonchev–Trinajstić information content (AvgIpc) is 2.12. The van der Waals surface area contributed by atoms with Gasteiger partial charge in [-0.1, -0.05) is 6.92 Å². The lowest BCUT2D eigenvalue weighted by Gasteiger charge is -2.11. The fraction of sp³-hybridized carbons (Fsp3) is 0.800. The van der Waals surface area contributed by atoms with E-state index in [0.29, 0.717) is 12.8 Å². The molecule has 0 rings (SSSR count). The summed E-state index contributed by atoms with van der Waals surface area (Å²) in [5.41, 5.74) is 0. The van der Waals surface area contributed by atoms with E-state index in [1.807, 2.05) is 6.92 Å². The number of hydrogen-bond acceptors (Lipinski definition) is 3. The molecule has 0 aromatic heterocycles. The molecule has 0 amide bonds. The maximum absolute atomic E-state index is 10.8. The molecule has 0 radical (unpaired) electrons. The van der Waals surface area contributed by atoms with Crippen LogP contribution >= 0.6 is 0 Å². The molecule has 13 heavy (non-hydrogen) atoms. The third kappa shape index (κ3) is 7.50. The third-order valence-electron chi connectivity index (χ3n) is 1.80. The van der Waals surface area contributed by atoms with Gasteiger partial charge in [0.05, 0.1) is 6.10 Å². The number of unbranched alkanes of at least 4 members (excludes halogenated alkanes) is 2. The molecule has 3 nitrogen and oxygen atoms in total. The second kappa shape index (κ2) is 7.77. The minimum atomic E-state index is -0.150. The summed E-state index contributed by atoms with van der Waals surface area (Å²) in [6.45, 7) is 3.66. The van der Waals surface area contributed by atoms with Crippen LogP contribution in [-0.4, -0.2) is 18.4 Å². The molecular formula is C10H18O3. The van der Waals surface area contributed by atoms with Gasteiger partial charge in [0.15, 0.2) is 0 Å². The van der Waals surface area contributed by atoms with Gasteiger partial charge in [-0.3, -0.25) is 4.79 Å². The molecule has 0 unspecified atom stereocenters. The average molecular weight is 186 g/mol. The molecule has 1 atom stereocenters. The smallest absolute Gasteiger partial charge is 0.305 e. The molecule has 0 N–H and O–H groups in total. The first-order valence-corrected chi connectivity index (χ1v) is 4.83. The van der Waals surface area contributed by atoms with Crippen LogP contribution in [-0.2, 0) is 14.3 Å². The van der Waals surface area contributed by atoms with Crippen LogP contribution < -0.4 is 0 Å². The Morgan fingerprint density at radius 3 is 2.69 bits per heavy atom. The van der Waals surface area contributed by atoms with Gasteiger partial charge in [0.1, 0.15) is 6.29 Å². The molecule has 0 aliphatic heterocycles. The fourth-order valence-corrected chi connectivity index (χ4v) is 1.03. The highest BCUT2D eigenvalue weighted by molar-refractivity contribution is 5.69. The number of aldehydes is 1. The van der Waals surface area contributed by atoms with E-state index in [0.717, 1.165) is 25.5 Å². The summed E-state index contributed by atoms with van der Waals surface area (Å²) in [7, 11) is 0. The Hall–Kier alpha value is -0.860. The lowest BCUT2D eigenvalue weighted by Crippen LogP contribution is -2.13. The van der Waals surface area contributed by atoms with Crippen molar-refractivity contribution >= 4 is 12.3 Å². The topological polar surface area (TPSA) is 43.4 Å². The van der Waals surface area contributed by atoms with E-state index in [4.69, 9.17) is 4.74 Å². The first-order valence-electron chi connectivity index (χ1n) is 4.83. The highest BCUT2D eigenvalue weighted by Gasteiger charge is 2.06. The van der Waals surface area contributed by atoms with E-state index < -0.39 is 0 Å². The minimum absolute atomic E-state index is 0.0147. The molecular weight excluding hydrogens is 168 g/mol. The third-order valence-corrected chi connectivity index (χ3v) is 1.80. The predicted molar refractivity (Wildman–Crippen MR) is 50.4 cm³/mol. The molecule has 0 heterocycles. The van der Waals surface area contributed by atoms with Crippen LogP contribution in [0.15, 0.2) is 0 Å². The monoisotopic (exact) mass is 186 g/mol. The largest absolute Gasteiger partial charge is 0.463 e. The molecule has 0 bridgehead atoms. The van der Waals surface area contributed by atoms with Gasteiger partial charge < -0.3 is 9.53 Å². The maximum Gasteiger partial charge on any atom is 0.305 e. The van der Waals surface area contributed by atoms with Crippen LogP contribution in [0, 0.1) is 0 Å². The lowest BCUT2D eigenvalue weighted by atomic mass is 10.1. The molecule has 3 heteroatoms. The van der Waals surface area contributed by atoms with E-state index in [2.05, 4.69) is 0 Å². The normalized spacial score (nSPS) is 12.2. The molecule has 0 spiro atoms. The lowest BCUT2D eigenvalue weighted by molar-refractivity contribution is -0.148. The van der Waals surface area contributed by atoms with Crippen molar-refractivity contribution in [1.29, 1.82) is 0 Å². The van der Waals surface area contributed by atoms with E-state index in [1.54, 1.807) is 6.92 Å². The summed E-state index contributed by atoms with van der Waals surface area (Å²) in [6, 6.07) is 0. The minimum Gasteiger partial charge on any atom is -0.463 e. The van der Waals surface area contributed by atoms with Crippen molar-refractivity contribution in [3.8, 4) is 0 Å². The summed E-state index contributed by atoms with van der Waals surface area (Å²) in [4.78, 5) is 20.8. The van der Waals surface area contributed by atoms with Gasteiger partial charge in [0.2, 0.25) is 0 Å². The van der Waals surface area contributed by atoms with E-state index in [-0.39, 0.29) is 12.1 Å². The zero-order valence-corrected chi connectivity index (χ0v) is 8.41. The second-order valence-electron chi connectivity index (χ2n) is 3.11. The predicted octanol–water partition coefficient (Wildman–Crippen LogP) is 2.09. The quantitative estimate of drug-likeness (QED) is 0.347. The van der Waals surface area contributed by atoms with Gasteiger partial charge in [-0.15, -0.1) is 0 Å². The zero-order valence-electron chi connectivity index (χ0n) is 8.41. The SMILES string of the molecule is CCC(=O)O[C@@H](C)CCCCC=O. The van der Waals surface area contributed by atoms with Gasteiger partial charge in [0, 0.05) is 12.8 Å². The van der Waals surface area contributed by atoms with E-state index in [1.165, 1.54) is 0 Å². The number of carbonyl (C=O) groups is 2. The van der Waals surface area contributed by atoms with Crippen LogP contribution in [0.4, 0.5) is 0 Å². The zero-order chi connectivity index (χ0) is 10.1. The van der Waals surface area contributed by atoms with Crippen LogP contribution in [0.1, 0.15) is 46.0 Å². The van der Waals surface area contributed by atoms with Gasteiger partial charge in [-0.2, -0.15) is 0 Å². The highest BCUT2D eigenvalue weighted by Crippen LogP contribution is 2.06. The van der Waals surface area contributed by atoms with Crippen LogP contribution in [0.2, 0.25) is 0 Å². The van der Waals surface area contributed by atoms with Crippen molar-refractivity contribution in [3.63, 3.8) is 0 Å². The van der Waals surface area contributed by atoms with Crippen molar-refractivity contribution in [2.45, 2.75) is 52.1 Å². The van der Waals surface area contributed by atoms with Crippen molar-refractivity contribution < 1.29 is 14.3 Å². The molecule has 76 valence electrons. The Morgan fingerprint density at radius 2 is 2.15 bits per heavy atom. The van der Waals surface area contributed by atoms with Gasteiger partial charge >= 0.3 is 5.97 Å². The Morgan fingerprint density at radius 1 is 1.46 bits per heavy atom. The summed E-state index contributed by atoms with van der Waals surface area (Å²) in [5, 5.41) is 0. The highest BCUT2D eigenvalue weighted by atomic mass is 16.5. The Balaban J connectivity index is 3.34. The summed E-state index contributed by atoms with van der Waals surface area (Å²) in [5.74, 6) is -0.150. The van der Waals surface area contributed by atoms with Gasteiger partial charge in [0.25, 0.3) is 0 Å². The Bertz CT molecular complexity index is 154. The molecule has 0 saturated heterocycles. The van der Waals surface area contributed by atoms with Crippen molar-refractivity contribution in [1.82, 2.24) is 0 Å².